The van der Waals surface area contributed by atoms with Gasteiger partial charge in [0.15, 0.2) is 0 Å². The monoisotopic (exact) mass is 359 g/mol. The van der Waals surface area contributed by atoms with E-state index < -0.39 is 0 Å². The number of rotatable bonds is 4. The molecule has 1 aromatic carbocycles. The van der Waals surface area contributed by atoms with E-state index in [2.05, 4.69) is 4.90 Å². The molecule has 6 heteroatoms. The van der Waals surface area contributed by atoms with Crippen molar-refractivity contribution in [1.82, 2.24) is 14.7 Å². The Balaban J connectivity index is 1.51. The van der Waals surface area contributed by atoms with Crippen LogP contribution < -0.4 is 4.74 Å². The number of piperidine rings is 1. The molecule has 0 atom stereocenters. The van der Waals surface area contributed by atoms with E-state index in [9.17, 15) is 9.59 Å². The van der Waals surface area contributed by atoms with Gasteiger partial charge in [-0.05, 0) is 43.9 Å². The van der Waals surface area contributed by atoms with E-state index in [0.717, 1.165) is 50.3 Å². The number of benzene rings is 1. The third kappa shape index (κ3) is 4.36. The molecule has 0 spiro atoms. The smallest absolute Gasteiger partial charge is 0.254 e. The number of hydrogen-bond donors (Lipinski definition) is 0. The molecule has 0 saturated carbocycles. The van der Waals surface area contributed by atoms with Crippen molar-refractivity contribution in [3.8, 4) is 5.75 Å². The van der Waals surface area contributed by atoms with Crippen LogP contribution in [0, 0.1) is 6.92 Å². The molecule has 1 aromatic rings. The van der Waals surface area contributed by atoms with Crippen molar-refractivity contribution in [1.29, 1.82) is 0 Å². The highest BCUT2D eigenvalue weighted by Gasteiger charge is 2.25. The molecule has 0 bridgehead atoms. The minimum absolute atomic E-state index is 0.0327. The van der Waals surface area contributed by atoms with Gasteiger partial charge in [0.05, 0.1) is 13.7 Å². The molecule has 2 heterocycles. The molecule has 0 radical (unpaired) electrons. The third-order valence-electron chi connectivity index (χ3n) is 5.38. The van der Waals surface area contributed by atoms with Gasteiger partial charge in [-0.1, -0.05) is 6.07 Å². The molecular weight excluding hydrogens is 330 g/mol. The van der Waals surface area contributed by atoms with Gasteiger partial charge in [0.1, 0.15) is 5.75 Å². The molecule has 2 aliphatic heterocycles. The second-order valence-corrected chi connectivity index (χ2v) is 7.19. The van der Waals surface area contributed by atoms with Gasteiger partial charge >= 0.3 is 0 Å². The zero-order valence-corrected chi connectivity index (χ0v) is 15.9. The lowest BCUT2D eigenvalue weighted by molar-refractivity contribution is -0.133. The molecule has 2 saturated heterocycles. The second-order valence-electron chi connectivity index (χ2n) is 7.19. The first kappa shape index (κ1) is 18.7. The fourth-order valence-electron chi connectivity index (χ4n) is 3.68. The van der Waals surface area contributed by atoms with Crippen LogP contribution in [-0.4, -0.2) is 79.4 Å². The van der Waals surface area contributed by atoms with Gasteiger partial charge < -0.3 is 14.5 Å². The van der Waals surface area contributed by atoms with Crippen molar-refractivity contribution in [2.24, 2.45) is 0 Å². The van der Waals surface area contributed by atoms with Crippen LogP contribution in [0.5, 0.6) is 5.75 Å². The van der Waals surface area contributed by atoms with Crippen LogP contribution in [0.4, 0.5) is 0 Å². The minimum atomic E-state index is 0.0327. The van der Waals surface area contributed by atoms with Crippen molar-refractivity contribution in [2.45, 2.75) is 26.2 Å². The normalized spacial score (nSPS) is 18.7. The highest BCUT2D eigenvalue weighted by Crippen LogP contribution is 2.20. The van der Waals surface area contributed by atoms with Crippen LogP contribution >= 0.6 is 0 Å². The summed E-state index contributed by atoms with van der Waals surface area (Å²) < 4.78 is 5.32. The van der Waals surface area contributed by atoms with Crippen molar-refractivity contribution in [2.75, 3.05) is 52.9 Å². The second kappa shape index (κ2) is 8.54. The predicted molar refractivity (Wildman–Crippen MR) is 101 cm³/mol. The number of amides is 2. The van der Waals surface area contributed by atoms with Crippen LogP contribution in [0.1, 0.15) is 35.2 Å². The standard InChI is InChI=1S/C20H29N3O3/c1-16-6-7-17(14-18(16)26-2)20(25)23-12-10-21(11-13-23)15-19(24)22-8-4-3-5-9-22/h6-7,14H,3-5,8-13,15H2,1-2H3. The fourth-order valence-corrected chi connectivity index (χ4v) is 3.68. The van der Waals surface area contributed by atoms with Gasteiger partial charge in [-0.15, -0.1) is 0 Å². The van der Waals surface area contributed by atoms with E-state index in [0.29, 0.717) is 25.2 Å². The topological polar surface area (TPSA) is 53.1 Å². The van der Waals surface area contributed by atoms with Gasteiger partial charge in [-0.2, -0.15) is 0 Å². The largest absolute Gasteiger partial charge is 0.496 e. The zero-order chi connectivity index (χ0) is 18.5. The first-order chi connectivity index (χ1) is 12.6. The van der Waals surface area contributed by atoms with Gasteiger partial charge in [-0.3, -0.25) is 14.5 Å². The maximum absolute atomic E-state index is 12.7. The van der Waals surface area contributed by atoms with Gasteiger partial charge in [0, 0.05) is 44.8 Å². The highest BCUT2D eigenvalue weighted by molar-refractivity contribution is 5.94. The van der Waals surface area contributed by atoms with Crippen molar-refractivity contribution >= 4 is 11.8 Å². The average molecular weight is 359 g/mol. The number of aryl methyl sites for hydroxylation is 1. The van der Waals surface area contributed by atoms with E-state index in [4.69, 9.17) is 4.74 Å². The number of carbonyl (C=O) groups is 2. The third-order valence-corrected chi connectivity index (χ3v) is 5.38. The Bertz CT molecular complexity index is 648. The summed E-state index contributed by atoms with van der Waals surface area (Å²) in [5, 5.41) is 0. The maximum Gasteiger partial charge on any atom is 0.254 e. The SMILES string of the molecule is COc1cc(C(=O)N2CCN(CC(=O)N3CCCCC3)CC2)ccc1C. The molecule has 0 aromatic heterocycles. The number of piperazine rings is 1. The molecule has 6 nitrogen and oxygen atoms in total. The number of carbonyl (C=O) groups excluding carboxylic acids is 2. The van der Waals surface area contributed by atoms with Crippen LogP contribution in [0.3, 0.4) is 0 Å². The number of nitrogens with zero attached hydrogens (tertiary/aromatic N) is 3. The zero-order valence-electron chi connectivity index (χ0n) is 15.9. The van der Waals surface area contributed by atoms with E-state index in [1.54, 1.807) is 7.11 Å². The Labute approximate surface area is 155 Å². The molecule has 0 N–H and O–H groups in total. The van der Waals surface area contributed by atoms with Crippen LogP contribution in [-0.2, 0) is 4.79 Å². The minimum Gasteiger partial charge on any atom is -0.496 e. The number of hydrogen-bond acceptors (Lipinski definition) is 4. The summed E-state index contributed by atoms with van der Waals surface area (Å²) in [7, 11) is 1.62. The van der Waals surface area contributed by atoms with Crippen LogP contribution in [0.2, 0.25) is 0 Å². The summed E-state index contributed by atoms with van der Waals surface area (Å²) in [5.74, 6) is 1.000. The number of likely N-dealkylation sites (tertiary alicyclic amines) is 1. The summed E-state index contributed by atoms with van der Waals surface area (Å²) in [5.41, 5.74) is 1.68. The summed E-state index contributed by atoms with van der Waals surface area (Å²) >= 11 is 0. The number of methoxy groups -OCH3 is 1. The Morgan fingerprint density at radius 2 is 1.65 bits per heavy atom. The molecule has 2 fully saturated rings. The van der Waals surface area contributed by atoms with Crippen LogP contribution in [0.15, 0.2) is 18.2 Å². The van der Waals surface area contributed by atoms with E-state index in [1.165, 1.54) is 6.42 Å². The Hall–Kier alpha value is -2.08. The van der Waals surface area contributed by atoms with E-state index in [1.807, 2.05) is 34.9 Å². The summed E-state index contributed by atoms with van der Waals surface area (Å²) in [6.45, 7) is 7.03. The van der Waals surface area contributed by atoms with Gasteiger partial charge in [-0.25, -0.2) is 0 Å². The highest BCUT2D eigenvalue weighted by atomic mass is 16.5. The van der Waals surface area contributed by atoms with Crippen molar-refractivity contribution in [3.05, 3.63) is 29.3 Å². The summed E-state index contributed by atoms with van der Waals surface area (Å²) in [6.07, 6.45) is 3.47. The van der Waals surface area contributed by atoms with Gasteiger partial charge in [0.25, 0.3) is 5.91 Å². The molecule has 142 valence electrons. The maximum atomic E-state index is 12.7. The molecule has 26 heavy (non-hydrogen) atoms. The predicted octanol–water partition coefficient (Wildman–Crippen LogP) is 1.77. The van der Waals surface area contributed by atoms with Crippen molar-refractivity contribution in [3.63, 3.8) is 0 Å². The first-order valence-electron chi connectivity index (χ1n) is 9.52. The summed E-state index contributed by atoms with van der Waals surface area (Å²) in [4.78, 5) is 31.1. The molecule has 2 amide bonds. The van der Waals surface area contributed by atoms with E-state index >= 15 is 0 Å². The lowest BCUT2D eigenvalue weighted by atomic mass is 10.1. The first-order valence-corrected chi connectivity index (χ1v) is 9.52. The Morgan fingerprint density at radius 3 is 2.31 bits per heavy atom. The molecule has 0 aliphatic carbocycles. The molecule has 0 unspecified atom stereocenters. The Kier molecular flexibility index (Phi) is 6.14. The van der Waals surface area contributed by atoms with Crippen molar-refractivity contribution < 1.29 is 14.3 Å². The lowest BCUT2D eigenvalue weighted by Gasteiger charge is -2.36. The number of ether oxygens (including phenoxy) is 1. The van der Waals surface area contributed by atoms with Crippen LogP contribution in [0.25, 0.3) is 0 Å². The lowest BCUT2D eigenvalue weighted by Crippen LogP contribution is -2.52. The average Bonchev–Trinajstić information content (AvgIpc) is 2.69. The fraction of sp³-hybridized carbons (Fsp3) is 0.600. The van der Waals surface area contributed by atoms with Gasteiger partial charge in [0.2, 0.25) is 5.91 Å². The summed E-state index contributed by atoms with van der Waals surface area (Å²) in [6, 6.07) is 5.58. The molecule has 2 aliphatic rings. The Morgan fingerprint density at radius 1 is 0.962 bits per heavy atom. The quantitative estimate of drug-likeness (QED) is 0.822. The molecular formula is C20H29N3O3. The molecule has 3 rings (SSSR count). The van der Waals surface area contributed by atoms with E-state index in [-0.39, 0.29) is 11.8 Å².